The van der Waals surface area contributed by atoms with Gasteiger partial charge in [-0.2, -0.15) is 10.1 Å². The van der Waals surface area contributed by atoms with Gasteiger partial charge in [-0.05, 0) is 79.6 Å². The van der Waals surface area contributed by atoms with Gasteiger partial charge in [0.05, 0.1) is 32.7 Å². The first-order chi connectivity index (χ1) is 19.6. The number of benzene rings is 2. The van der Waals surface area contributed by atoms with E-state index in [0.29, 0.717) is 22.2 Å². The molecule has 0 N–H and O–H groups in total. The molecule has 0 radical (unpaired) electrons. The molecule has 0 aliphatic rings. The molecule has 1 unspecified atom stereocenters. The van der Waals surface area contributed by atoms with Gasteiger partial charge in [0.1, 0.15) is 5.69 Å². The number of aryl methyl sites for hydroxylation is 2. The zero-order valence-corrected chi connectivity index (χ0v) is 25.8. The summed E-state index contributed by atoms with van der Waals surface area (Å²) in [5.41, 5.74) is 6.39. The molecule has 0 aliphatic heterocycles. The molecule has 1 atom stereocenters. The Balaban J connectivity index is 2.08. The first kappa shape index (κ1) is 30.3. The van der Waals surface area contributed by atoms with Crippen LogP contribution in [0.15, 0.2) is 42.6 Å². The van der Waals surface area contributed by atoms with Gasteiger partial charge in [-0.25, -0.2) is 14.5 Å². The zero-order valence-electron chi connectivity index (χ0n) is 24.3. The van der Waals surface area contributed by atoms with Crippen LogP contribution in [0.25, 0.3) is 5.69 Å². The zero-order chi connectivity index (χ0) is 29.8. The summed E-state index contributed by atoms with van der Waals surface area (Å²) in [5, 5.41) is 6.12. The highest BCUT2D eigenvalue weighted by atomic mass is 35.5. The number of carbonyl (C=O) groups excluding carboxylic acids is 1. The fourth-order valence-corrected chi connectivity index (χ4v) is 5.51. The van der Waals surface area contributed by atoms with E-state index in [1.165, 1.54) is 14.2 Å². The quantitative estimate of drug-likeness (QED) is 0.178. The summed E-state index contributed by atoms with van der Waals surface area (Å²) in [5.74, 6) is -0.618. The third kappa shape index (κ3) is 6.34. The number of methoxy groups -OCH3 is 2. The van der Waals surface area contributed by atoms with Crippen LogP contribution in [0.3, 0.4) is 0 Å². The van der Waals surface area contributed by atoms with Crippen molar-refractivity contribution >= 4 is 29.2 Å². The lowest BCUT2D eigenvalue weighted by Gasteiger charge is -2.24. The number of carbonyl (C=O) groups is 1. The molecule has 2 aromatic carbocycles. The summed E-state index contributed by atoms with van der Waals surface area (Å²) in [6.45, 7) is 10.2. The summed E-state index contributed by atoms with van der Waals surface area (Å²) in [4.78, 5) is 22.2. The topological polar surface area (TPSA) is 88.4 Å². The summed E-state index contributed by atoms with van der Waals surface area (Å²) in [7, 11) is 2.99. The lowest BCUT2D eigenvalue weighted by molar-refractivity contribution is 0.0517. The Bertz CT molecular complexity index is 1570. The van der Waals surface area contributed by atoms with Crippen molar-refractivity contribution in [3.63, 3.8) is 0 Å². The minimum atomic E-state index is -0.518. The average Bonchev–Trinajstić information content (AvgIpc) is 3.34. The number of rotatable bonds is 10. The van der Waals surface area contributed by atoms with E-state index in [-0.39, 0.29) is 36.0 Å². The fourth-order valence-electron chi connectivity index (χ4n) is 5.09. The highest BCUT2D eigenvalue weighted by Gasteiger charge is 2.34. The highest BCUT2D eigenvalue weighted by molar-refractivity contribution is 6.31. The molecule has 0 bridgehead atoms. The predicted molar refractivity (Wildman–Crippen MR) is 160 cm³/mol. The van der Waals surface area contributed by atoms with Crippen LogP contribution in [-0.2, 0) is 11.2 Å². The second-order valence-electron chi connectivity index (χ2n) is 10.0. The van der Waals surface area contributed by atoms with Crippen LogP contribution < -0.4 is 9.47 Å². The van der Waals surface area contributed by atoms with Gasteiger partial charge < -0.3 is 14.2 Å². The van der Waals surface area contributed by atoms with Crippen LogP contribution in [0, 0.1) is 13.8 Å². The van der Waals surface area contributed by atoms with Crippen molar-refractivity contribution in [3.8, 4) is 17.6 Å². The lowest BCUT2D eigenvalue weighted by Crippen LogP contribution is -2.16. The summed E-state index contributed by atoms with van der Waals surface area (Å²) < 4.78 is 18.0. The molecule has 0 saturated heterocycles. The number of hydrogen-bond acceptors (Lipinski definition) is 7. The number of aromatic nitrogens is 4. The Labute approximate surface area is 250 Å². The number of halogens is 2. The molecule has 4 rings (SSSR count). The molecule has 216 valence electrons. The predicted octanol–water partition coefficient (Wildman–Crippen LogP) is 7.28. The maximum Gasteiger partial charge on any atom is 0.359 e. The maximum atomic E-state index is 13.6. The Morgan fingerprint density at radius 1 is 1.00 bits per heavy atom. The summed E-state index contributed by atoms with van der Waals surface area (Å²) in [6, 6.07) is 11.8. The van der Waals surface area contributed by atoms with E-state index in [9.17, 15) is 4.79 Å². The largest absolute Gasteiger partial charge is 0.479 e. The van der Waals surface area contributed by atoms with Gasteiger partial charge in [-0.15, -0.1) is 0 Å². The number of nitrogens with zero attached hydrogens (tertiary/aromatic N) is 4. The van der Waals surface area contributed by atoms with E-state index in [1.54, 1.807) is 17.8 Å². The van der Waals surface area contributed by atoms with Crippen LogP contribution in [0.5, 0.6) is 11.9 Å². The Morgan fingerprint density at radius 2 is 1.71 bits per heavy atom. The van der Waals surface area contributed by atoms with Gasteiger partial charge >= 0.3 is 12.0 Å². The van der Waals surface area contributed by atoms with E-state index in [4.69, 9.17) is 42.5 Å². The minimum Gasteiger partial charge on any atom is -0.479 e. The van der Waals surface area contributed by atoms with Crippen LogP contribution in [0.4, 0.5) is 0 Å². The third-order valence-corrected chi connectivity index (χ3v) is 7.45. The maximum absolute atomic E-state index is 13.6. The second-order valence-corrected chi connectivity index (χ2v) is 10.9. The van der Waals surface area contributed by atoms with Crippen molar-refractivity contribution < 1.29 is 19.0 Å². The molecule has 0 spiro atoms. The monoisotopic (exact) mass is 596 g/mol. The normalized spacial score (nSPS) is 12.0. The van der Waals surface area contributed by atoms with Crippen LogP contribution in [0.1, 0.15) is 76.6 Å². The van der Waals surface area contributed by atoms with Gasteiger partial charge in [0.25, 0.3) is 0 Å². The summed E-state index contributed by atoms with van der Waals surface area (Å²) in [6.07, 6.45) is 2.13. The smallest absolute Gasteiger partial charge is 0.359 e. The van der Waals surface area contributed by atoms with Crippen LogP contribution in [0.2, 0.25) is 10.0 Å². The van der Waals surface area contributed by atoms with Gasteiger partial charge in [-0.3, -0.25) is 0 Å². The Hall–Kier alpha value is -3.62. The van der Waals surface area contributed by atoms with Crippen LogP contribution >= 0.6 is 23.2 Å². The molecule has 0 saturated carbocycles. The molecular weight excluding hydrogens is 563 g/mol. The van der Waals surface area contributed by atoms with Gasteiger partial charge in [0.15, 0.2) is 5.69 Å². The minimum absolute atomic E-state index is 0.0666. The van der Waals surface area contributed by atoms with Crippen molar-refractivity contribution in [2.75, 3.05) is 20.8 Å². The third-order valence-electron chi connectivity index (χ3n) is 6.98. The molecule has 2 aromatic heterocycles. The standard InChI is InChI=1S/C31H34Cl2N4O4/c1-8-41-30(38)27-26(28(17(2)3)37(36-27)25-16-34-31(40-7)35-29(25)39-6)24(23-12-11-21(32)13-19(23)5)15-20-14-22(33)10-9-18(20)4/h9-14,16-17,24H,8,15H2,1-7H3. The van der Waals surface area contributed by atoms with E-state index < -0.39 is 5.97 Å². The van der Waals surface area contributed by atoms with E-state index >= 15 is 0 Å². The van der Waals surface area contributed by atoms with E-state index in [1.807, 2.05) is 43.3 Å². The number of esters is 1. The van der Waals surface area contributed by atoms with Crippen molar-refractivity contribution in [3.05, 3.63) is 91.8 Å². The molecule has 4 aromatic rings. The molecule has 0 aliphatic carbocycles. The fraction of sp³-hybridized carbons (Fsp3) is 0.355. The van der Waals surface area contributed by atoms with Crippen molar-refractivity contribution in [1.82, 2.24) is 19.7 Å². The Morgan fingerprint density at radius 3 is 2.34 bits per heavy atom. The van der Waals surface area contributed by atoms with E-state index in [0.717, 1.165) is 33.5 Å². The van der Waals surface area contributed by atoms with Gasteiger partial charge in [0.2, 0.25) is 5.88 Å². The first-order valence-electron chi connectivity index (χ1n) is 13.4. The molecule has 2 heterocycles. The van der Waals surface area contributed by atoms with Crippen molar-refractivity contribution in [2.45, 2.75) is 52.9 Å². The second kappa shape index (κ2) is 12.9. The SMILES string of the molecule is CCOC(=O)c1nn(-c2cnc(OC)nc2OC)c(C(C)C)c1C(Cc1cc(Cl)ccc1C)c1ccc(Cl)cc1C. The van der Waals surface area contributed by atoms with Gasteiger partial charge in [0, 0.05) is 21.5 Å². The number of hydrogen-bond donors (Lipinski definition) is 0. The Kier molecular flexibility index (Phi) is 9.56. The van der Waals surface area contributed by atoms with Crippen LogP contribution in [-0.4, -0.2) is 46.5 Å². The first-order valence-corrected chi connectivity index (χ1v) is 14.1. The molecule has 8 nitrogen and oxygen atoms in total. The number of ether oxygens (including phenoxy) is 3. The summed E-state index contributed by atoms with van der Waals surface area (Å²) >= 11 is 12.8. The molecule has 0 amide bonds. The van der Waals surface area contributed by atoms with Gasteiger partial charge in [-0.1, -0.05) is 49.2 Å². The molecule has 10 heteroatoms. The highest BCUT2D eigenvalue weighted by Crippen LogP contribution is 2.41. The molecule has 41 heavy (non-hydrogen) atoms. The molecular formula is C31H34Cl2N4O4. The lowest BCUT2D eigenvalue weighted by atomic mass is 9.80. The van der Waals surface area contributed by atoms with E-state index in [2.05, 4.69) is 30.7 Å². The van der Waals surface area contributed by atoms with Crippen molar-refractivity contribution in [2.24, 2.45) is 0 Å². The average molecular weight is 598 g/mol. The molecule has 0 fully saturated rings. The van der Waals surface area contributed by atoms with Crippen molar-refractivity contribution in [1.29, 1.82) is 0 Å².